The lowest BCUT2D eigenvalue weighted by Gasteiger charge is -2.35. The molecule has 1 N–H and O–H groups in total. The lowest BCUT2D eigenvalue weighted by Crippen LogP contribution is -2.43. The van der Waals surface area contributed by atoms with Gasteiger partial charge in [0.2, 0.25) is 0 Å². The minimum Gasteiger partial charge on any atom is -0.387 e. The molecule has 6 nitrogen and oxygen atoms in total. The lowest BCUT2D eigenvalue weighted by molar-refractivity contribution is -0.153. The van der Waals surface area contributed by atoms with Gasteiger partial charge in [0.25, 0.3) is 0 Å². The predicted molar refractivity (Wildman–Crippen MR) is 117 cm³/mol. The Morgan fingerprint density at radius 3 is 2.38 bits per heavy atom. The van der Waals surface area contributed by atoms with Crippen molar-refractivity contribution in [2.75, 3.05) is 13.2 Å². The first-order valence-corrected chi connectivity index (χ1v) is 10.8. The Bertz CT molecular complexity index is 791. The monoisotopic (exact) mass is 419 g/mol. The molecule has 1 aliphatic rings. The van der Waals surface area contributed by atoms with Crippen molar-refractivity contribution in [2.24, 2.45) is 0 Å². The highest BCUT2D eigenvalue weighted by Crippen LogP contribution is 2.31. The van der Waals surface area contributed by atoms with Crippen molar-refractivity contribution < 1.29 is 14.6 Å². The van der Waals surface area contributed by atoms with E-state index in [2.05, 4.69) is 35.8 Å². The fraction of sp³-hybridized carbons (Fsp3) is 0.636. The molecule has 1 aromatic rings. The number of hydrogen-bond acceptors (Lipinski definition) is 6. The molecule has 0 aliphatic carbocycles. The van der Waals surface area contributed by atoms with Crippen LogP contribution in [-0.2, 0) is 16.0 Å². The molecule has 0 aromatic carbocycles. The maximum atomic E-state index is 10.8. The summed E-state index contributed by atoms with van der Waals surface area (Å²) < 4.78 is 13.6. The smallest absolute Gasteiger partial charge is 0.180 e. The lowest BCUT2D eigenvalue weighted by atomic mass is 10.0. The third-order valence-corrected chi connectivity index (χ3v) is 6.79. The van der Waals surface area contributed by atoms with Gasteiger partial charge in [-0.1, -0.05) is 24.3 Å². The van der Waals surface area contributed by atoms with Crippen molar-refractivity contribution >= 4 is 11.8 Å². The van der Waals surface area contributed by atoms with Crippen LogP contribution in [0.2, 0.25) is 0 Å². The molecule has 2 atom stereocenters. The van der Waals surface area contributed by atoms with Gasteiger partial charge in [-0.25, -0.2) is 4.98 Å². The fourth-order valence-corrected chi connectivity index (χ4v) is 3.87. The molecule has 160 valence electrons. The SMILES string of the molecule is CC(C)=C(C)C#C/C(C)=C(\C)C1OCC(SC(C)C(C)(O)Cn2cncn2)CO1. The van der Waals surface area contributed by atoms with E-state index >= 15 is 0 Å². The molecule has 0 saturated carbocycles. The summed E-state index contributed by atoms with van der Waals surface area (Å²) >= 11 is 1.68. The van der Waals surface area contributed by atoms with E-state index < -0.39 is 5.60 Å². The van der Waals surface area contributed by atoms with Gasteiger partial charge in [0.15, 0.2) is 6.29 Å². The number of nitrogens with zero attached hydrogens (tertiary/aromatic N) is 3. The highest BCUT2D eigenvalue weighted by atomic mass is 32.2. The van der Waals surface area contributed by atoms with Crippen LogP contribution in [0.5, 0.6) is 0 Å². The number of thioether (sulfide) groups is 1. The number of allylic oxidation sites excluding steroid dienone is 3. The van der Waals surface area contributed by atoms with Gasteiger partial charge < -0.3 is 14.6 Å². The molecule has 0 bridgehead atoms. The number of aromatic nitrogens is 3. The second-order valence-electron chi connectivity index (χ2n) is 8.03. The average molecular weight is 420 g/mol. The molecular formula is C22H33N3O3S. The third-order valence-electron chi connectivity index (χ3n) is 5.22. The molecule has 7 heteroatoms. The highest BCUT2D eigenvalue weighted by molar-refractivity contribution is 8.00. The van der Waals surface area contributed by atoms with E-state index in [0.29, 0.717) is 19.8 Å². The molecule has 1 saturated heterocycles. The van der Waals surface area contributed by atoms with Crippen LogP contribution in [0.25, 0.3) is 0 Å². The summed E-state index contributed by atoms with van der Waals surface area (Å²) in [5, 5.41) is 15.0. The van der Waals surface area contributed by atoms with Crippen LogP contribution < -0.4 is 0 Å². The Labute approximate surface area is 178 Å². The number of ether oxygens (including phenoxy) is 2. The van der Waals surface area contributed by atoms with Crippen LogP contribution in [0.3, 0.4) is 0 Å². The van der Waals surface area contributed by atoms with Gasteiger partial charge in [-0.2, -0.15) is 5.10 Å². The summed E-state index contributed by atoms with van der Waals surface area (Å²) in [6.07, 6.45) is 2.72. The van der Waals surface area contributed by atoms with E-state index in [1.54, 1.807) is 22.8 Å². The van der Waals surface area contributed by atoms with Crippen LogP contribution >= 0.6 is 11.8 Å². The zero-order valence-electron chi connectivity index (χ0n) is 18.5. The summed E-state index contributed by atoms with van der Waals surface area (Å²) in [6.45, 7) is 15.5. The van der Waals surface area contributed by atoms with Crippen LogP contribution in [0.4, 0.5) is 0 Å². The van der Waals surface area contributed by atoms with E-state index in [-0.39, 0.29) is 16.8 Å². The summed E-state index contributed by atoms with van der Waals surface area (Å²) in [7, 11) is 0. The molecule has 2 unspecified atom stereocenters. The topological polar surface area (TPSA) is 69.4 Å². The first-order chi connectivity index (χ1) is 13.6. The Hall–Kier alpha value is -1.59. The molecule has 2 rings (SSSR count). The van der Waals surface area contributed by atoms with Crippen LogP contribution in [-0.4, -0.2) is 55.5 Å². The zero-order valence-corrected chi connectivity index (χ0v) is 19.3. The molecule has 0 radical (unpaired) electrons. The largest absolute Gasteiger partial charge is 0.387 e. The van der Waals surface area contributed by atoms with Crippen LogP contribution in [0.15, 0.2) is 34.9 Å². The van der Waals surface area contributed by atoms with Gasteiger partial charge in [-0.15, -0.1) is 11.8 Å². The molecular weight excluding hydrogens is 386 g/mol. The van der Waals surface area contributed by atoms with Crippen LogP contribution in [0, 0.1) is 11.8 Å². The van der Waals surface area contributed by atoms with E-state index in [1.807, 2.05) is 34.6 Å². The molecule has 0 amide bonds. The summed E-state index contributed by atoms with van der Waals surface area (Å²) in [6, 6.07) is 0. The molecule has 1 aliphatic heterocycles. The first kappa shape index (κ1) is 23.7. The van der Waals surface area contributed by atoms with Gasteiger partial charge in [-0.05, 0) is 52.7 Å². The van der Waals surface area contributed by atoms with Gasteiger partial charge in [0.05, 0.1) is 30.6 Å². The van der Waals surface area contributed by atoms with Gasteiger partial charge in [0.1, 0.15) is 12.7 Å². The van der Waals surface area contributed by atoms with Crippen molar-refractivity contribution in [3.63, 3.8) is 0 Å². The van der Waals surface area contributed by atoms with E-state index in [9.17, 15) is 5.11 Å². The minimum atomic E-state index is -0.917. The van der Waals surface area contributed by atoms with Gasteiger partial charge >= 0.3 is 0 Å². The summed E-state index contributed by atoms with van der Waals surface area (Å²) in [5.74, 6) is 6.39. The average Bonchev–Trinajstić information content (AvgIpc) is 3.17. The van der Waals surface area contributed by atoms with E-state index in [1.165, 1.54) is 11.9 Å². The fourth-order valence-electron chi connectivity index (χ4n) is 2.61. The second-order valence-corrected chi connectivity index (χ2v) is 9.68. The van der Waals surface area contributed by atoms with Crippen molar-refractivity contribution in [2.45, 2.75) is 77.4 Å². The zero-order chi connectivity index (χ0) is 21.6. The van der Waals surface area contributed by atoms with Crippen molar-refractivity contribution in [1.29, 1.82) is 0 Å². The Kier molecular flexibility index (Phi) is 8.53. The van der Waals surface area contributed by atoms with Crippen molar-refractivity contribution in [3.8, 4) is 11.8 Å². The number of hydrogen-bond donors (Lipinski definition) is 1. The summed E-state index contributed by atoms with van der Waals surface area (Å²) in [5.41, 5.74) is 3.38. The van der Waals surface area contributed by atoms with E-state index in [0.717, 1.165) is 16.7 Å². The number of aliphatic hydroxyl groups is 1. The molecule has 1 fully saturated rings. The quantitative estimate of drug-likeness (QED) is 0.711. The van der Waals surface area contributed by atoms with Crippen molar-refractivity contribution in [3.05, 3.63) is 34.9 Å². The maximum absolute atomic E-state index is 10.8. The van der Waals surface area contributed by atoms with Gasteiger partial charge in [0, 0.05) is 10.8 Å². The Morgan fingerprint density at radius 1 is 1.21 bits per heavy atom. The van der Waals surface area contributed by atoms with Crippen molar-refractivity contribution in [1.82, 2.24) is 14.8 Å². The normalized spacial score (nSPS) is 23.3. The molecule has 1 aromatic heterocycles. The second kappa shape index (κ2) is 10.4. The van der Waals surface area contributed by atoms with E-state index in [4.69, 9.17) is 9.47 Å². The maximum Gasteiger partial charge on any atom is 0.180 e. The van der Waals surface area contributed by atoms with Gasteiger partial charge in [-0.3, -0.25) is 4.68 Å². The van der Waals surface area contributed by atoms with Crippen LogP contribution in [0.1, 0.15) is 48.5 Å². The minimum absolute atomic E-state index is 0.0169. The number of rotatable bonds is 6. The summed E-state index contributed by atoms with van der Waals surface area (Å²) in [4.78, 5) is 3.93. The third kappa shape index (κ3) is 7.00. The molecule has 0 spiro atoms. The highest BCUT2D eigenvalue weighted by Gasteiger charge is 2.34. The molecule has 2 heterocycles. The molecule has 29 heavy (non-hydrogen) atoms. The Morgan fingerprint density at radius 2 is 1.83 bits per heavy atom. The predicted octanol–water partition coefficient (Wildman–Crippen LogP) is 3.59. The standard InChI is InChI=1S/C22H33N3O3S/c1-15(2)16(3)8-9-17(4)18(5)21-27-10-20(11-28-21)29-19(6)22(7,26)12-25-14-23-13-24-25/h13-14,19-21,26H,10-12H2,1-7H3/b18-17+. The first-order valence-electron chi connectivity index (χ1n) is 9.87. The Balaban J connectivity index is 1.89.